The zero-order valence-electron chi connectivity index (χ0n) is 13.9. The van der Waals surface area contributed by atoms with Gasteiger partial charge in [-0.3, -0.25) is 0 Å². The molecule has 24 heavy (non-hydrogen) atoms. The highest BCUT2D eigenvalue weighted by molar-refractivity contribution is 9.10. The van der Waals surface area contributed by atoms with Crippen LogP contribution in [0.4, 0.5) is 11.5 Å². The van der Waals surface area contributed by atoms with E-state index in [1.165, 1.54) is 11.1 Å². The molecule has 3 nitrogen and oxygen atoms in total. The molecule has 0 fully saturated rings. The Balaban J connectivity index is 1.78. The van der Waals surface area contributed by atoms with E-state index >= 15 is 0 Å². The summed E-state index contributed by atoms with van der Waals surface area (Å²) in [7, 11) is 0. The molecule has 0 aliphatic carbocycles. The summed E-state index contributed by atoms with van der Waals surface area (Å²) in [4.78, 5) is 3.43. The fourth-order valence-corrected chi connectivity index (χ4v) is 2.79. The summed E-state index contributed by atoms with van der Waals surface area (Å²) in [6, 6.07) is 18.8. The molecule has 0 saturated carbocycles. The molecule has 3 rings (SSSR count). The number of hydrogen-bond donors (Lipinski definition) is 2. The van der Waals surface area contributed by atoms with Crippen LogP contribution in [-0.4, -0.2) is 11.6 Å². The lowest BCUT2D eigenvalue weighted by Crippen LogP contribution is -1.97. The van der Waals surface area contributed by atoms with E-state index in [2.05, 4.69) is 75.6 Å². The average molecular weight is 385 g/mol. The minimum atomic E-state index is 0.639. The Kier molecular flexibility index (Phi) is 5.38. The maximum absolute atomic E-state index is 5.50. The minimum Gasteiger partial charge on any atom is -0.377 e. The van der Waals surface area contributed by atoms with Crippen LogP contribution in [0.2, 0.25) is 0 Å². The van der Waals surface area contributed by atoms with Gasteiger partial charge in [-0.05, 0) is 60.9 Å². The number of benzene rings is 2. The molecule has 0 amide bonds. The number of anilines is 2. The summed E-state index contributed by atoms with van der Waals surface area (Å²) >= 11 is 3.47. The maximum Gasteiger partial charge on any atom is 0.108 e. The first-order valence-electron chi connectivity index (χ1n) is 8.05. The number of halogens is 1. The van der Waals surface area contributed by atoms with Crippen LogP contribution in [0, 0.1) is 6.92 Å². The van der Waals surface area contributed by atoms with Crippen LogP contribution in [-0.2, 0) is 11.3 Å². The molecule has 2 N–H and O–H groups in total. The van der Waals surface area contributed by atoms with Crippen LogP contribution < -0.4 is 5.32 Å². The van der Waals surface area contributed by atoms with Crippen molar-refractivity contribution in [2.24, 2.45) is 0 Å². The predicted molar refractivity (Wildman–Crippen MR) is 104 cm³/mol. The third-order valence-corrected chi connectivity index (χ3v) is 4.41. The van der Waals surface area contributed by atoms with Crippen molar-refractivity contribution in [1.82, 2.24) is 4.98 Å². The van der Waals surface area contributed by atoms with Gasteiger partial charge in [0.05, 0.1) is 6.61 Å². The van der Waals surface area contributed by atoms with Crippen molar-refractivity contribution in [3.05, 3.63) is 70.2 Å². The second-order valence-corrected chi connectivity index (χ2v) is 6.62. The number of rotatable bonds is 6. The number of aryl methyl sites for hydroxylation is 1. The van der Waals surface area contributed by atoms with Gasteiger partial charge < -0.3 is 15.0 Å². The van der Waals surface area contributed by atoms with Crippen LogP contribution in [0.3, 0.4) is 0 Å². The topological polar surface area (TPSA) is 37.0 Å². The van der Waals surface area contributed by atoms with Crippen LogP contribution in [0.25, 0.3) is 11.3 Å². The molecular formula is C20H21BrN2O. The monoisotopic (exact) mass is 384 g/mol. The molecule has 0 bridgehead atoms. The average Bonchev–Trinajstić information content (AvgIpc) is 3.05. The Morgan fingerprint density at radius 3 is 2.58 bits per heavy atom. The van der Waals surface area contributed by atoms with Gasteiger partial charge in [-0.1, -0.05) is 40.2 Å². The van der Waals surface area contributed by atoms with E-state index in [-0.39, 0.29) is 0 Å². The molecule has 1 heterocycles. The Morgan fingerprint density at radius 1 is 1.04 bits per heavy atom. The molecule has 124 valence electrons. The third kappa shape index (κ3) is 4.08. The van der Waals surface area contributed by atoms with Gasteiger partial charge in [-0.15, -0.1) is 0 Å². The first-order chi connectivity index (χ1) is 11.7. The Morgan fingerprint density at radius 2 is 1.83 bits per heavy atom. The first kappa shape index (κ1) is 16.8. The molecule has 0 atom stereocenters. The standard InChI is InChI=1S/C20H21BrN2O/c1-3-24-13-15-5-4-14(2)19(12-15)23-20-11-10-18(22-20)16-6-8-17(21)9-7-16/h4-12,22-23H,3,13H2,1-2H3. The van der Waals surface area contributed by atoms with Gasteiger partial charge in [0, 0.05) is 22.5 Å². The first-order valence-corrected chi connectivity index (χ1v) is 8.84. The molecule has 0 radical (unpaired) electrons. The molecule has 1 aromatic heterocycles. The van der Waals surface area contributed by atoms with Gasteiger partial charge >= 0.3 is 0 Å². The smallest absolute Gasteiger partial charge is 0.108 e. The SMILES string of the molecule is CCOCc1ccc(C)c(Nc2ccc(-c3ccc(Br)cc3)[nH]2)c1. The number of hydrogen-bond acceptors (Lipinski definition) is 2. The molecule has 0 spiro atoms. The molecular weight excluding hydrogens is 364 g/mol. The van der Waals surface area contributed by atoms with Gasteiger partial charge in [0.1, 0.15) is 5.82 Å². The van der Waals surface area contributed by atoms with E-state index in [4.69, 9.17) is 4.74 Å². The fraction of sp³-hybridized carbons (Fsp3) is 0.200. The van der Waals surface area contributed by atoms with Gasteiger partial charge in [-0.2, -0.15) is 0 Å². The quantitative estimate of drug-likeness (QED) is 0.543. The highest BCUT2D eigenvalue weighted by Crippen LogP contribution is 2.26. The zero-order valence-corrected chi connectivity index (χ0v) is 15.5. The van der Waals surface area contributed by atoms with E-state index in [0.29, 0.717) is 6.61 Å². The van der Waals surface area contributed by atoms with Gasteiger partial charge in [0.25, 0.3) is 0 Å². The van der Waals surface area contributed by atoms with Crippen LogP contribution >= 0.6 is 15.9 Å². The van der Waals surface area contributed by atoms with Crippen LogP contribution in [0.5, 0.6) is 0 Å². The van der Waals surface area contributed by atoms with Gasteiger partial charge in [0.15, 0.2) is 0 Å². The highest BCUT2D eigenvalue weighted by Gasteiger charge is 2.05. The lowest BCUT2D eigenvalue weighted by Gasteiger charge is -2.11. The number of H-pyrrole nitrogens is 1. The van der Waals surface area contributed by atoms with E-state index < -0.39 is 0 Å². The molecule has 3 aromatic rings. The number of ether oxygens (including phenoxy) is 1. The summed E-state index contributed by atoms with van der Waals surface area (Å²) in [5.74, 6) is 0.976. The lowest BCUT2D eigenvalue weighted by atomic mass is 10.1. The number of aromatic amines is 1. The van der Waals surface area contributed by atoms with Crippen molar-refractivity contribution in [3.63, 3.8) is 0 Å². The lowest BCUT2D eigenvalue weighted by molar-refractivity contribution is 0.134. The molecule has 0 unspecified atom stereocenters. The predicted octanol–water partition coefficient (Wildman–Crippen LogP) is 6.03. The summed E-state index contributed by atoms with van der Waals surface area (Å²) < 4.78 is 6.58. The van der Waals surface area contributed by atoms with Crippen LogP contribution in [0.1, 0.15) is 18.1 Å². The van der Waals surface area contributed by atoms with Crippen molar-refractivity contribution >= 4 is 27.4 Å². The fourth-order valence-electron chi connectivity index (χ4n) is 2.52. The normalized spacial score (nSPS) is 10.8. The van der Waals surface area contributed by atoms with E-state index in [1.807, 2.05) is 19.1 Å². The van der Waals surface area contributed by atoms with Crippen molar-refractivity contribution in [2.45, 2.75) is 20.5 Å². The highest BCUT2D eigenvalue weighted by atomic mass is 79.9. The Labute approximate surface area is 151 Å². The van der Waals surface area contributed by atoms with Crippen molar-refractivity contribution in [3.8, 4) is 11.3 Å². The van der Waals surface area contributed by atoms with Crippen LogP contribution in [0.15, 0.2) is 59.1 Å². The Bertz CT molecular complexity index is 809. The summed E-state index contributed by atoms with van der Waals surface area (Å²) in [5, 5.41) is 3.47. The maximum atomic E-state index is 5.50. The van der Waals surface area contributed by atoms with E-state index in [0.717, 1.165) is 33.8 Å². The molecule has 0 aliphatic rings. The van der Waals surface area contributed by atoms with Crippen molar-refractivity contribution in [2.75, 3.05) is 11.9 Å². The number of aromatic nitrogens is 1. The molecule has 0 saturated heterocycles. The molecule has 4 heteroatoms. The minimum absolute atomic E-state index is 0.639. The largest absolute Gasteiger partial charge is 0.377 e. The summed E-state index contributed by atoms with van der Waals surface area (Å²) in [6.45, 7) is 5.48. The van der Waals surface area contributed by atoms with E-state index in [1.54, 1.807) is 0 Å². The summed E-state index contributed by atoms with van der Waals surface area (Å²) in [5.41, 5.74) is 5.72. The van der Waals surface area contributed by atoms with Gasteiger partial charge in [0.2, 0.25) is 0 Å². The second-order valence-electron chi connectivity index (χ2n) is 5.70. The van der Waals surface area contributed by atoms with E-state index in [9.17, 15) is 0 Å². The summed E-state index contributed by atoms with van der Waals surface area (Å²) in [6.07, 6.45) is 0. The number of nitrogens with one attached hydrogen (secondary N) is 2. The molecule has 0 aliphatic heterocycles. The Hall–Kier alpha value is -2.04. The third-order valence-electron chi connectivity index (χ3n) is 3.89. The van der Waals surface area contributed by atoms with Crippen molar-refractivity contribution < 1.29 is 4.74 Å². The second kappa shape index (κ2) is 7.69. The molecule has 2 aromatic carbocycles. The van der Waals surface area contributed by atoms with Crippen molar-refractivity contribution in [1.29, 1.82) is 0 Å². The van der Waals surface area contributed by atoms with Gasteiger partial charge in [-0.25, -0.2) is 0 Å². The zero-order chi connectivity index (χ0) is 16.9.